The molecular weight excluding hydrogens is 125 g/mol. The van der Waals surface area contributed by atoms with Crippen molar-refractivity contribution in [1.82, 2.24) is 0 Å². The molecule has 0 rings (SSSR count). The normalized spacial score (nSPS) is 5.56. The van der Waals surface area contributed by atoms with Crippen LogP contribution in [0.2, 0.25) is 0 Å². The predicted octanol–water partition coefficient (Wildman–Crippen LogP) is 0.0666. The molecule has 0 heterocycles. The summed E-state index contributed by atoms with van der Waals surface area (Å²) in [6.45, 7) is 4.42. The van der Waals surface area contributed by atoms with Gasteiger partial charge in [-0.1, -0.05) is 33.1 Å². The fourth-order valence-electron chi connectivity index (χ4n) is 0.354. The van der Waals surface area contributed by atoms with Crippen molar-refractivity contribution in [3.63, 3.8) is 0 Å². The molecule has 0 aliphatic rings. The van der Waals surface area contributed by atoms with Crippen LogP contribution in [-0.2, 0) is 0 Å². The number of nitrogens with zero attached hydrogens (tertiary/aromatic N) is 3. The number of unbranched alkanes of at least 4 members (excludes halogenated alkanes) is 2. The quantitative estimate of drug-likeness (QED) is 0.224. The monoisotopic (exact) mass is 137 g/mol. The van der Waals surface area contributed by atoms with Crippen molar-refractivity contribution in [2.75, 3.05) is 0 Å². The molecule has 0 aromatic carbocycles. The van der Waals surface area contributed by atoms with E-state index in [0.717, 1.165) is 0 Å². The molecular formula is C5H12N3Na. The van der Waals surface area contributed by atoms with Crippen molar-refractivity contribution in [3.8, 4) is 0 Å². The second-order valence-corrected chi connectivity index (χ2v) is 1.44. The fourth-order valence-corrected chi connectivity index (χ4v) is 0.354. The first-order valence-corrected chi connectivity index (χ1v) is 2.81. The first-order chi connectivity index (χ1) is 3.83. The van der Waals surface area contributed by atoms with E-state index in [1.54, 1.807) is 0 Å². The van der Waals surface area contributed by atoms with Gasteiger partial charge in [0, 0.05) is 0 Å². The van der Waals surface area contributed by atoms with Crippen molar-refractivity contribution < 1.29 is 29.6 Å². The van der Waals surface area contributed by atoms with Crippen LogP contribution in [0.5, 0.6) is 0 Å². The summed E-state index contributed by atoms with van der Waals surface area (Å²) in [5.41, 5.74) is 13.5. The van der Waals surface area contributed by atoms with Crippen LogP contribution in [-0.4, -0.2) is 0 Å². The van der Waals surface area contributed by atoms with Crippen molar-refractivity contribution in [3.05, 3.63) is 16.0 Å². The molecule has 0 radical (unpaired) electrons. The van der Waals surface area contributed by atoms with Gasteiger partial charge in [-0.05, 0) is 0 Å². The number of rotatable bonds is 2. The van der Waals surface area contributed by atoms with E-state index < -0.39 is 0 Å². The van der Waals surface area contributed by atoms with E-state index in [1.165, 1.54) is 24.2 Å². The summed E-state index contributed by atoms with van der Waals surface area (Å²) in [6, 6.07) is 0. The Morgan fingerprint density at radius 3 is 1.33 bits per heavy atom. The van der Waals surface area contributed by atoms with Gasteiger partial charge in [-0.25, -0.2) is 0 Å². The Morgan fingerprint density at radius 2 is 1.33 bits per heavy atom. The Hall–Kier alpha value is 0.310. The van der Waals surface area contributed by atoms with Gasteiger partial charge in [0.1, 0.15) is 0 Å². The van der Waals surface area contributed by atoms with E-state index in [2.05, 4.69) is 13.8 Å². The van der Waals surface area contributed by atoms with Crippen molar-refractivity contribution in [2.45, 2.75) is 33.1 Å². The van der Waals surface area contributed by atoms with E-state index in [4.69, 9.17) is 11.1 Å². The van der Waals surface area contributed by atoms with Crippen molar-refractivity contribution >= 4 is 0 Å². The molecule has 0 fully saturated rings. The maximum absolute atomic E-state index is 6.75. The minimum Gasteiger partial charge on any atom is -0.373 e. The molecule has 0 amide bonds. The molecule has 0 spiro atoms. The van der Waals surface area contributed by atoms with Gasteiger partial charge in [0.15, 0.2) is 0 Å². The van der Waals surface area contributed by atoms with Crippen LogP contribution >= 0.6 is 0 Å². The van der Waals surface area contributed by atoms with Crippen molar-refractivity contribution in [1.29, 1.82) is 0 Å². The van der Waals surface area contributed by atoms with Crippen LogP contribution in [0.25, 0.3) is 16.0 Å². The Kier molecular flexibility index (Phi) is 42.9. The fraction of sp³-hybridized carbons (Fsp3) is 1.00. The van der Waals surface area contributed by atoms with Crippen LogP contribution in [0.3, 0.4) is 0 Å². The maximum Gasteiger partial charge on any atom is 1.00 e. The second kappa shape index (κ2) is 23.9. The van der Waals surface area contributed by atoms with E-state index in [1.807, 2.05) is 0 Å². The molecule has 0 N–H and O–H groups in total. The van der Waals surface area contributed by atoms with E-state index >= 15 is 0 Å². The van der Waals surface area contributed by atoms with Crippen LogP contribution in [0, 0.1) is 0 Å². The summed E-state index contributed by atoms with van der Waals surface area (Å²) in [7, 11) is 0. The summed E-state index contributed by atoms with van der Waals surface area (Å²) < 4.78 is 0. The van der Waals surface area contributed by atoms with Crippen LogP contribution < -0.4 is 29.6 Å². The summed E-state index contributed by atoms with van der Waals surface area (Å²) in [4.78, 5) is 1.50. The summed E-state index contributed by atoms with van der Waals surface area (Å²) in [5.74, 6) is 0. The molecule has 0 bridgehead atoms. The molecule has 0 unspecified atom stereocenters. The zero-order valence-corrected chi connectivity index (χ0v) is 8.46. The zero-order chi connectivity index (χ0) is 6.83. The maximum atomic E-state index is 6.75. The van der Waals surface area contributed by atoms with Crippen LogP contribution in [0.1, 0.15) is 33.1 Å². The van der Waals surface area contributed by atoms with Gasteiger partial charge in [-0.15, -0.1) is 0 Å². The van der Waals surface area contributed by atoms with Gasteiger partial charge in [-0.3, -0.25) is 4.91 Å². The standard InChI is InChI=1S/C5H12.N3.Na/c1-3-5-4-2;1-3-2;/h3-5H2,1-2H3;;/q;-1;+1. The molecule has 0 aliphatic heterocycles. The summed E-state index contributed by atoms with van der Waals surface area (Å²) in [5, 5.41) is 0. The zero-order valence-electron chi connectivity index (χ0n) is 6.46. The Bertz CT molecular complexity index is 57.2. The third-order valence-electron chi connectivity index (χ3n) is 0.707. The third kappa shape index (κ3) is 62.0. The van der Waals surface area contributed by atoms with Crippen molar-refractivity contribution in [2.24, 2.45) is 0 Å². The molecule has 0 aromatic heterocycles. The van der Waals surface area contributed by atoms with E-state index in [9.17, 15) is 0 Å². The molecule has 0 aromatic rings. The Morgan fingerprint density at radius 1 is 1.11 bits per heavy atom. The van der Waals surface area contributed by atoms with Gasteiger partial charge in [-0.2, -0.15) is 0 Å². The molecule has 0 saturated carbocycles. The minimum absolute atomic E-state index is 0. The Labute approximate surface area is 78.5 Å². The molecule has 0 aliphatic carbocycles. The van der Waals surface area contributed by atoms with E-state index in [-0.39, 0.29) is 29.6 Å². The summed E-state index contributed by atoms with van der Waals surface area (Å²) in [6.07, 6.45) is 4.08. The molecule has 0 saturated heterocycles. The smallest absolute Gasteiger partial charge is 0.373 e. The van der Waals surface area contributed by atoms with Gasteiger partial charge in [0.05, 0.1) is 0 Å². The average molecular weight is 137 g/mol. The first kappa shape index (κ1) is 16.1. The van der Waals surface area contributed by atoms with Gasteiger partial charge < -0.3 is 11.1 Å². The molecule has 0 atom stereocenters. The minimum atomic E-state index is 0. The van der Waals surface area contributed by atoms with Gasteiger partial charge in [0.2, 0.25) is 0 Å². The predicted molar refractivity (Wildman–Crippen MR) is 35.3 cm³/mol. The topological polar surface area (TPSA) is 58.7 Å². The van der Waals surface area contributed by atoms with Crippen LogP contribution in [0.15, 0.2) is 0 Å². The summed E-state index contributed by atoms with van der Waals surface area (Å²) >= 11 is 0. The van der Waals surface area contributed by atoms with Gasteiger partial charge >= 0.3 is 29.6 Å². The SMILES string of the molecule is CCCCC.[N-]=[N+]=[N-].[Na+]. The number of hydrogen-bond acceptors (Lipinski definition) is 0. The first-order valence-electron chi connectivity index (χ1n) is 2.81. The van der Waals surface area contributed by atoms with Gasteiger partial charge in [0.25, 0.3) is 0 Å². The molecule has 4 heteroatoms. The van der Waals surface area contributed by atoms with E-state index in [0.29, 0.717) is 0 Å². The largest absolute Gasteiger partial charge is 1.00 e. The van der Waals surface area contributed by atoms with Crippen LogP contribution in [0.4, 0.5) is 0 Å². The molecule has 48 valence electrons. The third-order valence-corrected chi connectivity index (χ3v) is 0.707. The average Bonchev–Trinajstić information content (AvgIpc) is 1.71. The second-order valence-electron chi connectivity index (χ2n) is 1.44. The molecule has 9 heavy (non-hydrogen) atoms. The molecule has 3 nitrogen and oxygen atoms in total. The number of hydrogen-bond donors (Lipinski definition) is 0. The Balaban J connectivity index is -0.0000000800.